The molecule has 1 aliphatic rings. The van der Waals surface area contributed by atoms with Gasteiger partial charge in [-0.15, -0.1) is 0 Å². The molecule has 4 rings (SSSR count). The van der Waals surface area contributed by atoms with Gasteiger partial charge in [-0.2, -0.15) is 0 Å². The maximum atomic E-state index is 12.9. The van der Waals surface area contributed by atoms with E-state index in [9.17, 15) is 4.79 Å². The number of carbonyl (C=O) groups excluding carboxylic acids is 1. The Kier molecular flexibility index (Phi) is 5.41. The van der Waals surface area contributed by atoms with Gasteiger partial charge in [-0.25, -0.2) is 4.98 Å². The number of imidazole rings is 1. The van der Waals surface area contributed by atoms with E-state index in [0.717, 1.165) is 48.2 Å². The molecule has 1 aliphatic heterocycles. The van der Waals surface area contributed by atoms with Crippen molar-refractivity contribution in [3.05, 3.63) is 65.5 Å². The molecule has 1 aromatic heterocycles. The monoisotopic (exact) mass is 390 g/mol. The molecular formula is C24H30N4O. The molecule has 5 heteroatoms. The van der Waals surface area contributed by atoms with Gasteiger partial charge < -0.3 is 9.47 Å². The van der Waals surface area contributed by atoms with Crippen LogP contribution in [0.25, 0.3) is 11.0 Å². The highest BCUT2D eigenvalue weighted by Crippen LogP contribution is 2.20. The van der Waals surface area contributed by atoms with Crippen LogP contribution in [0.4, 0.5) is 0 Å². The normalized spacial score (nSPS) is 17.3. The predicted molar refractivity (Wildman–Crippen MR) is 117 cm³/mol. The zero-order valence-corrected chi connectivity index (χ0v) is 17.8. The predicted octanol–water partition coefficient (Wildman–Crippen LogP) is 3.95. The first-order valence-electron chi connectivity index (χ1n) is 10.4. The van der Waals surface area contributed by atoms with Crippen LogP contribution in [-0.2, 0) is 6.54 Å². The minimum absolute atomic E-state index is 0.107. The van der Waals surface area contributed by atoms with Crippen LogP contribution in [0.1, 0.15) is 41.8 Å². The quantitative estimate of drug-likeness (QED) is 0.662. The van der Waals surface area contributed by atoms with Gasteiger partial charge in [0, 0.05) is 44.3 Å². The van der Waals surface area contributed by atoms with Crippen molar-refractivity contribution in [1.82, 2.24) is 19.4 Å². The number of hydrogen-bond donors (Lipinski definition) is 0. The Labute approximate surface area is 172 Å². The highest BCUT2D eigenvalue weighted by molar-refractivity contribution is 5.94. The summed E-state index contributed by atoms with van der Waals surface area (Å²) in [5.74, 6) is 0.107. The summed E-state index contributed by atoms with van der Waals surface area (Å²) in [6.45, 7) is 9.30. The lowest BCUT2D eigenvalue weighted by molar-refractivity contribution is 0.0732. The van der Waals surface area contributed by atoms with Crippen LogP contribution in [0.5, 0.6) is 0 Å². The number of benzene rings is 2. The van der Waals surface area contributed by atoms with Crippen LogP contribution in [-0.4, -0.2) is 57.5 Å². The largest absolute Gasteiger partial charge is 0.337 e. The zero-order chi connectivity index (χ0) is 20.5. The topological polar surface area (TPSA) is 41.4 Å². The smallest absolute Gasteiger partial charge is 0.253 e. The molecule has 1 saturated heterocycles. The molecule has 3 aromatic rings. The second kappa shape index (κ2) is 7.99. The fourth-order valence-corrected chi connectivity index (χ4v) is 4.16. The molecule has 0 radical (unpaired) electrons. The van der Waals surface area contributed by atoms with Crippen LogP contribution < -0.4 is 0 Å². The standard InChI is InChI=1S/C24H30N4O/c1-17(2)27-12-11-21(15-27)26(4)24(29)20-8-6-19(7-9-20)14-28-16-25-22-10-5-18(3)13-23(22)28/h5-10,13,16-17,21H,11-12,14-15H2,1-4H3/t21-/m1/s1. The maximum Gasteiger partial charge on any atom is 0.253 e. The SMILES string of the molecule is Cc1ccc2ncn(Cc3ccc(C(=O)N(C)[C@@H]4CCN(C(C)C)C4)cc3)c2c1. The number of amides is 1. The van der Waals surface area contributed by atoms with Crippen LogP contribution in [0.2, 0.25) is 0 Å². The van der Waals surface area contributed by atoms with Crippen molar-refractivity contribution in [1.29, 1.82) is 0 Å². The van der Waals surface area contributed by atoms with Gasteiger partial charge in [-0.05, 0) is 62.6 Å². The van der Waals surface area contributed by atoms with E-state index in [-0.39, 0.29) is 5.91 Å². The number of hydrogen-bond acceptors (Lipinski definition) is 3. The first kappa shape index (κ1) is 19.6. The summed E-state index contributed by atoms with van der Waals surface area (Å²) in [6, 6.07) is 15.1. The molecule has 0 saturated carbocycles. The number of fused-ring (bicyclic) bond motifs is 1. The molecule has 0 spiro atoms. The van der Waals surface area contributed by atoms with Crippen molar-refractivity contribution in [3.63, 3.8) is 0 Å². The second-order valence-electron chi connectivity index (χ2n) is 8.51. The minimum atomic E-state index is 0.107. The van der Waals surface area contributed by atoms with Crippen molar-refractivity contribution in [2.24, 2.45) is 0 Å². The lowest BCUT2D eigenvalue weighted by Crippen LogP contribution is -2.40. The average Bonchev–Trinajstić information content (AvgIpc) is 3.35. The molecule has 0 aliphatic carbocycles. The van der Waals surface area contributed by atoms with Crippen molar-refractivity contribution >= 4 is 16.9 Å². The first-order chi connectivity index (χ1) is 13.9. The van der Waals surface area contributed by atoms with E-state index in [1.165, 1.54) is 5.56 Å². The van der Waals surface area contributed by atoms with Crippen LogP contribution >= 0.6 is 0 Å². The Morgan fingerprint density at radius 2 is 1.97 bits per heavy atom. The highest BCUT2D eigenvalue weighted by atomic mass is 16.2. The van der Waals surface area contributed by atoms with Crippen molar-refractivity contribution < 1.29 is 4.79 Å². The average molecular weight is 391 g/mol. The summed E-state index contributed by atoms with van der Waals surface area (Å²) >= 11 is 0. The third-order valence-corrected chi connectivity index (χ3v) is 6.12. The molecule has 1 amide bonds. The molecule has 1 atom stereocenters. The zero-order valence-electron chi connectivity index (χ0n) is 17.8. The van der Waals surface area contributed by atoms with E-state index in [0.29, 0.717) is 12.1 Å². The Morgan fingerprint density at radius 3 is 2.66 bits per heavy atom. The van der Waals surface area contributed by atoms with E-state index in [1.54, 1.807) is 0 Å². The van der Waals surface area contributed by atoms with Gasteiger partial charge in [0.2, 0.25) is 0 Å². The number of likely N-dealkylation sites (N-methyl/N-ethyl adjacent to an activating group) is 1. The van der Waals surface area contributed by atoms with Crippen LogP contribution in [0.3, 0.4) is 0 Å². The van der Waals surface area contributed by atoms with Gasteiger partial charge in [0.1, 0.15) is 0 Å². The molecule has 2 aromatic carbocycles. The van der Waals surface area contributed by atoms with Gasteiger partial charge in [0.05, 0.1) is 17.4 Å². The summed E-state index contributed by atoms with van der Waals surface area (Å²) in [5, 5.41) is 0. The molecule has 1 fully saturated rings. The maximum absolute atomic E-state index is 12.9. The van der Waals surface area contributed by atoms with Gasteiger partial charge in [0.15, 0.2) is 0 Å². The third kappa shape index (κ3) is 4.06. The number of aryl methyl sites for hydroxylation is 1. The summed E-state index contributed by atoms with van der Waals surface area (Å²) < 4.78 is 2.16. The van der Waals surface area contributed by atoms with E-state index in [2.05, 4.69) is 65.6 Å². The molecule has 2 heterocycles. The fraction of sp³-hybridized carbons (Fsp3) is 0.417. The summed E-state index contributed by atoms with van der Waals surface area (Å²) in [5.41, 5.74) is 5.30. The second-order valence-corrected chi connectivity index (χ2v) is 8.51. The van der Waals surface area contributed by atoms with E-state index in [1.807, 2.05) is 30.4 Å². The van der Waals surface area contributed by atoms with E-state index in [4.69, 9.17) is 0 Å². The Bertz CT molecular complexity index is 1010. The van der Waals surface area contributed by atoms with E-state index < -0.39 is 0 Å². The Morgan fingerprint density at radius 1 is 1.21 bits per heavy atom. The van der Waals surface area contributed by atoms with Gasteiger partial charge in [-0.1, -0.05) is 18.2 Å². The lowest BCUT2D eigenvalue weighted by Gasteiger charge is -2.26. The Hall–Kier alpha value is -2.66. The van der Waals surface area contributed by atoms with Crippen LogP contribution in [0, 0.1) is 6.92 Å². The number of likely N-dealkylation sites (tertiary alicyclic amines) is 1. The third-order valence-electron chi connectivity index (χ3n) is 6.12. The number of carbonyl (C=O) groups is 1. The molecule has 0 N–H and O–H groups in total. The number of nitrogens with zero attached hydrogens (tertiary/aromatic N) is 4. The summed E-state index contributed by atoms with van der Waals surface area (Å²) in [4.78, 5) is 21.8. The van der Waals surface area contributed by atoms with Gasteiger partial charge in [-0.3, -0.25) is 9.69 Å². The van der Waals surface area contributed by atoms with Crippen molar-refractivity contribution in [2.75, 3.05) is 20.1 Å². The van der Waals surface area contributed by atoms with Crippen molar-refractivity contribution in [2.45, 2.75) is 45.8 Å². The molecule has 29 heavy (non-hydrogen) atoms. The molecular weight excluding hydrogens is 360 g/mol. The van der Waals surface area contributed by atoms with Gasteiger partial charge >= 0.3 is 0 Å². The van der Waals surface area contributed by atoms with Crippen LogP contribution in [0.15, 0.2) is 48.8 Å². The minimum Gasteiger partial charge on any atom is -0.337 e. The number of rotatable bonds is 5. The van der Waals surface area contributed by atoms with Crippen molar-refractivity contribution in [3.8, 4) is 0 Å². The fourth-order valence-electron chi connectivity index (χ4n) is 4.16. The molecule has 0 bridgehead atoms. The van der Waals surface area contributed by atoms with E-state index >= 15 is 0 Å². The lowest BCUT2D eigenvalue weighted by atomic mass is 10.1. The number of aromatic nitrogens is 2. The summed E-state index contributed by atoms with van der Waals surface area (Å²) in [6.07, 6.45) is 2.93. The highest BCUT2D eigenvalue weighted by Gasteiger charge is 2.29. The molecule has 152 valence electrons. The first-order valence-corrected chi connectivity index (χ1v) is 10.4. The summed E-state index contributed by atoms with van der Waals surface area (Å²) in [7, 11) is 1.94. The molecule has 0 unspecified atom stereocenters. The Balaban J connectivity index is 1.44. The van der Waals surface area contributed by atoms with Gasteiger partial charge in [0.25, 0.3) is 5.91 Å². The molecule has 5 nitrogen and oxygen atoms in total.